The van der Waals surface area contributed by atoms with E-state index in [2.05, 4.69) is 20.7 Å². The summed E-state index contributed by atoms with van der Waals surface area (Å²) in [5.74, 6) is -0.901. The van der Waals surface area contributed by atoms with Gasteiger partial charge in [-0.3, -0.25) is 4.79 Å². The fourth-order valence-corrected chi connectivity index (χ4v) is 1.67. The molecule has 1 aromatic rings. The van der Waals surface area contributed by atoms with Gasteiger partial charge in [-0.1, -0.05) is 22.0 Å². The van der Waals surface area contributed by atoms with E-state index >= 15 is 0 Å². The lowest BCUT2D eigenvalue weighted by molar-refractivity contribution is -0.174. The summed E-state index contributed by atoms with van der Waals surface area (Å²) in [4.78, 5) is 11.4. The predicted molar refractivity (Wildman–Crippen MR) is 64.3 cm³/mol. The Hall–Kier alpha value is -0.950. The van der Waals surface area contributed by atoms with Crippen LogP contribution in [0.15, 0.2) is 22.7 Å². The van der Waals surface area contributed by atoms with Crippen molar-refractivity contribution in [2.75, 3.05) is 13.2 Å². The van der Waals surface area contributed by atoms with Gasteiger partial charge >= 0.3 is 6.18 Å². The van der Waals surface area contributed by atoms with Gasteiger partial charge in [-0.05, 0) is 17.7 Å². The molecule has 0 aliphatic rings. The third-order valence-corrected chi connectivity index (χ3v) is 2.69. The first-order valence-electron chi connectivity index (χ1n) is 5.38. The molecule has 0 bridgehead atoms. The number of hydrogen-bond acceptors (Lipinski definition) is 2. The molecule has 1 rings (SSSR count). The Bertz CT molecular complexity index is 446. The first-order valence-corrected chi connectivity index (χ1v) is 6.17. The van der Waals surface area contributed by atoms with Crippen molar-refractivity contribution in [2.45, 2.75) is 19.0 Å². The van der Waals surface area contributed by atoms with Gasteiger partial charge in [0.15, 0.2) is 0 Å². The molecule has 0 aliphatic carbocycles. The zero-order valence-corrected chi connectivity index (χ0v) is 11.4. The maximum absolute atomic E-state index is 13.4. The first-order chi connectivity index (χ1) is 8.78. The summed E-state index contributed by atoms with van der Waals surface area (Å²) >= 11 is 3.08. The number of Topliss-reactive ketones (excluding diaryl/α,β-unsaturated/α-hetero) is 1. The molecule has 0 unspecified atom stereocenters. The molecule has 1 aromatic carbocycles. The molecule has 106 valence electrons. The summed E-state index contributed by atoms with van der Waals surface area (Å²) in [6.45, 7) is -1.70. The van der Waals surface area contributed by atoms with Crippen LogP contribution in [0.3, 0.4) is 0 Å². The minimum Gasteiger partial charge on any atom is -0.372 e. The lowest BCUT2D eigenvalue weighted by atomic mass is 10.1. The molecule has 0 heterocycles. The quantitative estimate of drug-likeness (QED) is 0.582. The maximum Gasteiger partial charge on any atom is 0.411 e. The monoisotopic (exact) mass is 342 g/mol. The van der Waals surface area contributed by atoms with E-state index in [-0.39, 0.29) is 30.8 Å². The van der Waals surface area contributed by atoms with Gasteiger partial charge in [0.1, 0.15) is 18.2 Å². The van der Waals surface area contributed by atoms with Crippen molar-refractivity contribution in [1.29, 1.82) is 0 Å². The van der Waals surface area contributed by atoms with Crippen LogP contribution in [0, 0.1) is 5.82 Å². The average Bonchev–Trinajstić information content (AvgIpc) is 2.27. The molecule has 0 aliphatic heterocycles. The topological polar surface area (TPSA) is 26.3 Å². The number of ether oxygens (including phenoxy) is 1. The van der Waals surface area contributed by atoms with E-state index in [9.17, 15) is 22.4 Å². The molecule has 7 heteroatoms. The summed E-state index contributed by atoms with van der Waals surface area (Å²) in [6, 6.07) is 4.27. The van der Waals surface area contributed by atoms with Gasteiger partial charge in [-0.15, -0.1) is 0 Å². The first kappa shape index (κ1) is 16.1. The van der Waals surface area contributed by atoms with E-state index < -0.39 is 18.6 Å². The summed E-state index contributed by atoms with van der Waals surface area (Å²) in [5, 5.41) is 0. The van der Waals surface area contributed by atoms with Crippen LogP contribution in [-0.4, -0.2) is 25.2 Å². The van der Waals surface area contributed by atoms with Crippen LogP contribution in [0.5, 0.6) is 0 Å². The van der Waals surface area contributed by atoms with Gasteiger partial charge in [0.25, 0.3) is 0 Å². The van der Waals surface area contributed by atoms with E-state index in [0.29, 0.717) is 4.47 Å². The Kier molecular flexibility index (Phi) is 5.93. The number of halogens is 5. The lowest BCUT2D eigenvalue weighted by Gasteiger charge is -2.07. The van der Waals surface area contributed by atoms with Crippen molar-refractivity contribution in [3.63, 3.8) is 0 Å². The minimum atomic E-state index is -4.40. The van der Waals surface area contributed by atoms with Crippen molar-refractivity contribution in [1.82, 2.24) is 0 Å². The SMILES string of the molecule is O=C(CCOCC(F)(F)F)Cc1ccc(Br)cc1F. The number of carbonyl (C=O) groups excluding carboxylic acids is 1. The normalized spacial score (nSPS) is 11.6. The van der Waals surface area contributed by atoms with Crippen molar-refractivity contribution >= 4 is 21.7 Å². The fourth-order valence-electron chi connectivity index (χ4n) is 1.34. The number of rotatable bonds is 6. The molecule has 2 nitrogen and oxygen atoms in total. The number of carbonyl (C=O) groups is 1. The standard InChI is InChI=1S/C12H11BrF4O2/c13-9-2-1-8(11(14)6-9)5-10(18)3-4-19-7-12(15,16)17/h1-2,6H,3-5,7H2. The van der Waals surface area contributed by atoms with Crippen LogP contribution in [0.25, 0.3) is 0 Å². The highest BCUT2D eigenvalue weighted by Gasteiger charge is 2.27. The van der Waals surface area contributed by atoms with Crippen LogP contribution in [0.1, 0.15) is 12.0 Å². The van der Waals surface area contributed by atoms with Crippen LogP contribution >= 0.6 is 15.9 Å². The van der Waals surface area contributed by atoms with Crippen molar-refractivity contribution in [2.24, 2.45) is 0 Å². The Morgan fingerprint density at radius 1 is 1.32 bits per heavy atom. The molecule has 0 saturated carbocycles. The van der Waals surface area contributed by atoms with Gasteiger partial charge in [-0.25, -0.2) is 4.39 Å². The van der Waals surface area contributed by atoms with E-state index in [4.69, 9.17) is 0 Å². The van der Waals surface area contributed by atoms with E-state index in [1.54, 1.807) is 6.07 Å². The molecular formula is C12H11BrF4O2. The largest absolute Gasteiger partial charge is 0.411 e. The Morgan fingerprint density at radius 3 is 2.58 bits per heavy atom. The zero-order chi connectivity index (χ0) is 14.5. The van der Waals surface area contributed by atoms with Crippen LogP contribution in [0.4, 0.5) is 17.6 Å². The number of hydrogen-bond donors (Lipinski definition) is 0. The Labute approximate surface area is 115 Å². The molecule has 0 radical (unpaired) electrons. The maximum atomic E-state index is 13.4. The molecule has 0 atom stereocenters. The third kappa shape index (κ3) is 6.68. The summed E-state index contributed by atoms with van der Waals surface area (Å²) < 4.78 is 53.5. The van der Waals surface area contributed by atoms with Crippen molar-refractivity contribution in [3.05, 3.63) is 34.1 Å². The van der Waals surface area contributed by atoms with Crippen molar-refractivity contribution < 1.29 is 27.1 Å². The van der Waals surface area contributed by atoms with Gasteiger partial charge in [-0.2, -0.15) is 13.2 Å². The highest BCUT2D eigenvalue weighted by Crippen LogP contribution is 2.17. The summed E-state index contributed by atoms with van der Waals surface area (Å²) in [5.41, 5.74) is 0.212. The number of alkyl halides is 3. The molecule has 0 N–H and O–H groups in total. The zero-order valence-electron chi connectivity index (χ0n) is 9.77. The average molecular weight is 343 g/mol. The second kappa shape index (κ2) is 7.00. The summed E-state index contributed by atoms with van der Waals surface area (Å²) in [7, 11) is 0. The third-order valence-electron chi connectivity index (χ3n) is 2.19. The summed E-state index contributed by atoms with van der Waals surface area (Å²) in [6.07, 6.45) is -4.74. The van der Waals surface area contributed by atoms with Crippen LogP contribution in [-0.2, 0) is 16.0 Å². The predicted octanol–water partition coefficient (Wildman–Crippen LogP) is 3.67. The van der Waals surface area contributed by atoms with Gasteiger partial charge in [0, 0.05) is 17.3 Å². The van der Waals surface area contributed by atoms with Gasteiger partial charge in [0.05, 0.1) is 6.61 Å². The lowest BCUT2D eigenvalue weighted by Crippen LogP contribution is -2.18. The van der Waals surface area contributed by atoms with E-state index in [1.807, 2.05) is 0 Å². The van der Waals surface area contributed by atoms with Gasteiger partial charge < -0.3 is 4.74 Å². The second-order valence-electron chi connectivity index (χ2n) is 3.87. The molecule has 0 saturated heterocycles. The number of ketones is 1. The highest BCUT2D eigenvalue weighted by atomic mass is 79.9. The molecule has 19 heavy (non-hydrogen) atoms. The van der Waals surface area contributed by atoms with Gasteiger partial charge in [0.2, 0.25) is 0 Å². The van der Waals surface area contributed by atoms with Crippen molar-refractivity contribution in [3.8, 4) is 0 Å². The second-order valence-corrected chi connectivity index (χ2v) is 4.78. The highest BCUT2D eigenvalue weighted by molar-refractivity contribution is 9.10. The molecule has 0 fully saturated rings. The smallest absolute Gasteiger partial charge is 0.372 e. The minimum absolute atomic E-state index is 0.158. The molecule has 0 aromatic heterocycles. The molecular weight excluding hydrogens is 332 g/mol. The fraction of sp³-hybridized carbons (Fsp3) is 0.417. The van der Waals surface area contributed by atoms with E-state index in [1.165, 1.54) is 12.1 Å². The van der Waals surface area contributed by atoms with Crippen LogP contribution in [0.2, 0.25) is 0 Å². The van der Waals surface area contributed by atoms with E-state index in [0.717, 1.165) is 0 Å². The number of benzene rings is 1. The Morgan fingerprint density at radius 2 is 2.00 bits per heavy atom. The van der Waals surface area contributed by atoms with Crippen LogP contribution < -0.4 is 0 Å². The Balaban J connectivity index is 2.35. The molecule has 0 amide bonds. The molecule has 0 spiro atoms.